The van der Waals surface area contributed by atoms with Crippen molar-refractivity contribution in [3.8, 4) is 11.1 Å². The van der Waals surface area contributed by atoms with Gasteiger partial charge < -0.3 is 9.97 Å². The number of H-pyrrole nitrogens is 2. The van der Waals surface area contributed by atoms with Crippen molar-refractivity contribution in [3.63, 3.8) is 0 Å². The number of pyridine rings is 2. The van der Waals surface area contributed by atoms with Crippen LogP contribution in [0.25, 0.3) is 22.3 Å². The number of hydrogen-bond donors (Lipinski definition) is 2. The van der Waals surface area contributed by atoms with Gasteiger partial charge in [0.05, 0.1) is 5.52 Å². The smallest absolute Gasteiger partial charge is 0.176 e. The van der Waals surface area contributed by atoms with Gasteiger partial charge >= 0.3 is 0 Å². The van der Waals surface area contributed by atoms with Crippen molar-refractivity contribution in [1.82, 2.24) is 19.9 Å². The minimum absolute atomic E-state index is 0. The Bertz CT molecular complexity index is 689. The average molecular weight is 265 g/mol. The molecule has 3 aromatic rings. The fraction of sp³-hybridized carbons (Fsp3) is 0. The summed E-state index contributed by atoms with van der Waals surface area (Å²) in [6.07, 6.45) is 5.34. The minimum Gasteiger partial charge on any atom is -0.329 e. The van der Waals surface area contributed by atoms with E-state index < -0.39 is 0 Å². The van der Waals surface area contributed by atoms with Crippen LogP contribution in [-0.2, 0) is 0 Å². The molecular formula is C11H9ClN4S. The first-order valence-corrected chi connectivity index (χ1v) is 5.22. The van der Waals surface area contributed by atoms with Gasteiger partial charge in [-0.3, -0.25) is 4.98 Å². The number of hydrogen-bond acceptors (Lipinski definition) is 3. The summed E-state index contributed by atoms with van der Waals surface area (Å²) in [5.41, 5.74) is 3.83. The van der Waals surface area contributed by atoms with Crippen molar-refractivity contribution in [2.75, 3.05) is 0 Å². The van der Waals surface area contributed by atoms with Gasteiger partial charge in [0, 0.05) is 24.2 Å². The molecule has 0 spiro atoms. The molecule has 0 saturated heterocycles. The Morgan fingerprint density at radius 3 is 2.59 bits per heavy atom. The van der Waals surface area contributed by atoms with Crippen LogP contribution in [0, 0.1) is 4.77 Å². The second kappa shape index (κ2) is 4.65. The maximum absolute atomic E-state index is 5.01. The summed E-state index contributed by atoms with van der Waals surface area (Å²) in [5, 5.41) is 0. The third kappa shape index (κ3) is 2.20. The maximum Gasteiger partial charge on any atom is 0.176 e. The molecule has 0 fully saturated rings. The average Bonchev–Trinajstić information content (AvgIpc) is 2.69. The maximum atomic E-state index is 5.01. The first kappa shape index (κ1) is 11.8. The Kier molecular flexibility index (Phi) is 3.21. The van der Waals surface area contributed by atoms with Crippen molar-refractivity contribution in [2.45, 2.75) is 0 Å². The Morgan fingerprint density at radius 1 is 1.06 bits per heavy atom. The molecule has 0 unspecified atom stereocenters. The molecule has 3 heterocycles. The number of fused-ring (bicyclic) bond motifs is 1. The van der Waals surface area contributed by atoms with E-state index in [1.54, 1.807) is 12.4 Å². The van der Waals surface area contributed by atoms with E-state index in [-0.39, 0.29) is 12.4 Å². The fourth-order valence-corrected chi connectivity index (χ4v) is 1.83. The highest BCUT2D eigenvalue weighted by atomic mass is 35.5. The number of nitrogens with zero attached hydrogens (tertiary/aromatic N) is 2. The number of halogens is 1. The van der Waals surface area contributed by atoms with Gasteiger partial charge in [-0.1, -0.05) is 0 Å². The van der Waals surface area contributed by atoms with Crippen molar-refractivity contribution < 1.29 is 0 Å². The van der Waals surface area contributed by atoms with Crippen LogP contribution >= 0.6 is 24.6 Å². The lowest BCUT2D eigenvalue weighted by Gasteiger charge is -1.99. The second-order valence-electron chi connectivity index (χ2n) is 3.44. The van der Waals surface area contributed by atoms with Gasteiger partial charge in [0.15, 0.2) is 10.4 Å². The Morgan fingerprint density at radius 2 is 1.82 bits per heavy atom. The Balaban J connectivity index is 0.00000108. The summed E-state index contributed by atoms with van der Waals surface area (Å²) in [6.45, 7) is 0. The molecule has 3 aromatic heterocycles. The van der Waals surface area contributed by atoms with Gasteiger partial charge in [-0.25, -0.2) is 4.98 Å². The van der Waals surface area contributed by atoms with Gasteiger partial charge in [0.2, 0.25) is 0 Å². The van der Waals surface area contributed by atoms with Gasteiger partial charge in [0.1, 0.15) is 0 Å². The highest BCUT2D eigenvalue weighted by molar-refractivity contribution is 7.71. The molecule has 6 heteroatoms. The predicted octanol–water partition coefficient (Wildman–Crippen LogP) is 3.10. The number of rotatable bonds is 1. The summed E-state index contributed by atoms with van der Waals surface area (Å²) in [4.78, 5) is 14.3. The first-order valence-electron chi connectivity index (χ1n) is 4.81. The molecule has 0 atom stereocenters. The van der Waals surface area contributed by atoms with Crippen molar-refractivity contribution in [2.24, 2.45) is 0 Å². The molecule has 0 aliphatic rings. The van der Waals surface area contributed by atoms with Crippen LogP contribution in [0.1, 0.15) is 0 Å². The summed E-state index contributed by atoms with van der Waals surface area (Å²) >= 11 is 5.01. The van der Waals surface area contributed by atoms with Crippen LogP contribution in [-0.4, -0.2) is 19.9 Å². The zero-order chi connectivity index (χ0) is 11.0. The molecular weight excluding hydrogens is 256 g/mol. The van der Waals surface area contributed by atoms with E-state index in [2.05, 4.69) is 19.9 Å². The molecule has 0 radical (unpaired) electrons. The molecule has 17 heavy (non-hydrogen) atoms. The van der Waals surface area contributed by atoms with Crippen molar-refractivity contribution in [1.29, 1.82) is 0 Å². The van der Waals surface area contributed by atoms with E-state index >= 15 is 0 Å². The van der Waals surface area contributed by atoms with E-state index in [9.17, 15) is 0 Å². The number of nitrogens with one attached hydrogen (secondary N) is 2. The molecule has 0 aromatic carbocycles. The molecule has 86 valence electrons. The fourth-order valence-electron chi connectivity index (χ4n) is 1.62. The standard InChI is InChI=1S/C11H8N4S.ClH/c16-11-14-9-5-8(6-13-10(9)15-11)7-1-3-12-4-2-7;/h1-6H,(H2,13,14,15,16);1H. The number of aromatic amines is 2. The lowest BCUT2D eigenvalue weighted by molar-refractivity contribution is 1.27. The highest BCUT2D eigenvalue weighted by Crippen LogP contribution is 2.20. The predicted molar refractivity (Wildman–Crippen MR) is 71.8 cm³/mol. The number of imidazole rings is 1. The molecule has 0 saturated carbocycles. The summed E-state index contributed by atoms with van der Waals surface area (Å²) in [7, 11) is 0. The van der Waals surface area contributed by atoms with Crippen LogP contribution in [0.5, 0.6) is 0 Å². The van der Waals surface area contributed by atoms with E-state index in [0.29, 0.717) is 4.77 Å². The van der Waals surface area contributed by atoms with E-state index in [0.717, 1.165) is 22.3 Å². The van der Waals surface area contributed by atoms with Gasteiger partial charge in [-0.05, 0) is 36.0 Å². The van der Waals surface area contributed by atoms with Gasteiger partial charge in [-0.15, -0.1) is 12.4 Å². The third-order valence-electron chi connectivity index (χ3n) is 2.38. The first-order chi connectivity index (χ1) is 7.83. The Labute approximate surface area is 109 Å². The quantitative estimate of drug-likeness (QED) is 0.664. The van der Waals surface area contributed by atoms with Crippen LogP contribution in [0.4, 0.5) is 0 Å². The topological polar surface area (TPSA) is 57.4 Å². The Hall–Kier alpha value is -1.72. The molecule has 0 aliphatic heterocycles. The lowest BCUT2D eigenvalue weighted by Crippen LogP contribution is -1.82. The van der Waals surface area contributed by atoms with Crippen LogP contribution in [0.3, 0.4) is 0 Å². The third-order valence-corrected chi connectivity index (χ3v) is 2.59. The molecule has 4 nitrogen and oxygen atoms in total. The summed E-state index contributed by atoms with van der Waals surface area (Å²) in [6, 6.07) is 5.91. The zero-order valence-electron chi connectivity index (χ0n) is 8.68. The largest absolute Gasteiger partial charge is 0.329 e. The van der Waals surface area contributed by atoms with Gasteiger partial charge in [0.25, 0.3) is 0 Å². The lowest BCUT2D eigenvalue weighted by atomic mass is 10.1. The molecule has 0 amide bonds. The molecule has 0 aliphatic carbocycles. The highest BCUT2D eigenvalue weighted by Gasteiger charge is 2.01. The number of aromatic nitrogens is 4. The zero-order valence-corrected chi connectivity index (χ0v) is 10.3. The monoisotopic (exact) mass is 264 g/mol. The normalized spacial score (nSPS) is 10.1. The molecule has 0 bridgehead atoms. The minimum atomic E-state index is 0. The van der Waals surface area contributed by atoms with Crippen LogP contribution < -0.4 is 0 Å². The SMILES string of the molecule is Cl.S=c1[nH]c2cc(-c3ccncc3)cnc2[nH]1. The van der Waals surface area contributed by atoms with Gasteiger partial charge in [-0.2, -0.15) is 0 Å². The second-order valence-corrected chi connectivity index (χ2v) is 3.84. The van der Waals surface area contributed by atoms with Crippen molar-refractivity contribution >= 4 is 35.8 Å². The van der Waals surface area contributed by atoms with Crippen LogP contribution in [0.2, 0.25) is 0 Å². The van der Waals surface area contributed by atoms with Crippen LogP contribution in [0.15, 0.2) is 36.8 Å². The molecule has 3 rings (SSSR count). The van der Waals surface area contributed by atoms with E-state index in [1.165, 1.54) is 0 Å². The van der Waals surface area contributed by atoms with Crippen molar-refractivity contribution in [3.05, 3.63) is 41.6 Å². The van der Waals surface area contributed by atoms with E-state index in [1.807, 2.05) is 24.4 Å². The molecule has 2 N–H and O–H groups in total. The summed E-state index contributed by atoms with van der Waals surface area (Å²) < 4.78 is 0.592. The summed E-state index contributed by atoms with van der Waals surface area (Å²) in [5.74, 6) is 0. The van der Waals surface area contributed by atoms with E-state index in [4.69, 9.17) is 12.2 Å².